The lowest BCUT2D eigenvalue weighted by Crippen LogP contribution is -2.30. The fourth-order valence-electron chi connectivity index (χ4n) is 3.22. The summed E-state index contributed by atoms with van der Waals surface area (Å²) in [7, 11) is 1.76. The number of hydrogen-bond acceptors (Lipinski definition) is 4. The third-order valence-corrected chi connectivity index (χ3v) is 4.91. The number of aromatic amines is 1. The van der Waals surface area contributed by atoms with Crippen LogP contribution >= 0.6 is 11.6 Å². The minimum atomic E-state index is -0.374. The number of halogens is 2. The van der Waals surface area contributed by atoms with Gasteiger partial charge in [-0.3, -0.25) is 14.4 Å². The molecular weight excluding hydrogens is 357 g/mol. The number of nitrogens with one attached hydrogen (secondary N) is 1. The van der Waals surface area contributed by atoms with E-state index in [0.717, 1.165) is 12.1 Å². The summed E-state index contributed by atoms with van der Waals surface area (Å²) in [5, 5.41) is 4.68. The average molecular weight is 374 g/mol. The molecule has 0 aliphatic carbocycles. The molecule has 0 amide bonds. The normalized spacial score (nSPS) is 15.4. The first-order valence-electron chi connectivity index (χ1n) is 8.29. The summed E-state index contributed by atoms with van der Waals surface area (Å²) < 4.78 is 15.8. The van der Waals surface area contributed by atoms with E-state index in [9.17, 15) is 9.18 Å². The number of aromatic nitrogens is 4. The van der Waals surface area contributed by atoms with E-state index in [-0.39, 0.29) is 16.4 Å². The van der Waals surface area contributed by atoms with Crippen LogP contribution in [0.1, 0.15) is 17.8 Å². The van der Waals surface area contributed by atoms with Gasteiger partial charge < -0.3 is 4.98 Å². The molecule has 0 spiro atoms. The fraction of sp³-hybridized carbons (Fsp3) is 0.278. The minimum absolute atomic E-state index is 0.136. The summed E-state index contributed by atoms with van der Waals surface area (Å²) in [6, 6.07) is 5.05. The lowest BCUT2D eigenvalue weighted by molar-refractivity contribution is 0.286. The summed E-state index contributed by atoms with van der Waals surface area (Å²) in [4.78, 5) is 21.6. The molecule has 0 fully saturated rings. The van der Waals surface area contributed by atoms with E-state index in [2.05, 4.69) is 20.0 Å². The number of fused-ring (bicyclic) bond motifs is 1. The highest BCUT2D eigenvalue weighted by molar-refractivity contribution is 6.30. The zero-order chi connectivity index (χ0) is 18.3. The Morgan fingerprint density at radius 1 is 1.38 bits per heavy atom. The van der Waals surface area contributed by atoms with E-state index < -0.39 is 0 Å². The van der Waals surface area contributed by atoms with Gasteiger partial charge in [0.15, 0.2) is 5.65 Å². The molecule has 2 aromatic heterocycles. The largest absolute Gasteiger partial charge is 0.309 e. The Balaban J connectivity index is 1.53. The lowest BCUT2D eigenvalue weighted by Gasteiger charge is -2.26. The van der Waals surface area contributed by atoms with Gasteiger partial charge in [-0.2, -0.15) is 5.10 Å². The van der Waals surface area contributed by atoms with Crippen LogP contribution in [0.5, 0.6) is 0 Å². The van der Waals surface area contributed by atoms with Gasteiger partial charge in [0.05, 0.1) is 17.8 Å². The molecule has 0 atom stereocenters. The molecular formula is C18H17ClFN5O. The Kier molecular flexibility index (Phi) is 4.34. The molecule has 134 valence electrons. The lowest BCUT2D eigenvalue weighted by atomic mass is 9.99. The van der Waals surface area contributed by atoms with Crippen molar-refractivity contribution in [2.45, 2.75) is 13.0 Å². The van der Waals surface area contributed by atoms with Gasteiger partial charge in [-0.05, 0) is 18.1 Å². The van der Waals surface area contributed by atoms with Crippen molar-refractivity contribution in [3.63, 3.8) is 0 Å². The van der Waals surface area contributed by atoms with Gasteiger partial charge in [0, 0.05) is 25.7 Å². The number of hydrogen-bond donors (Lipinski definition) is 1. The summed E-state index contributed by atoms with van der Waals surface area (Å²) in [5.41, 5.74) is 1.88. The first-order chi connectivity index (χ1) is 12.5. The molecule has 4 rings (SSSR count). The van der Waals surface area contributed by atoms with Gasteiger partial charge in [0.2, 0.25) is 0 Å². The quantitative estimate of drug-likeness (QED) is 0.766. The third kappa shape index (κ3) is 3.04. The molecule has 6 nitrogen and oxygen atoms in total. The Labute approximate surface area is 153 Å². The Morgan fingerprint density at radius 2 is 2.23 bits per heavy atom. The molecule has 0 saturated carbocycles. The summed E-state index contributed by atoms with van der Waals surface area (Å²) >= 11 is 5.87. The van der Waals surface area contributed by atoms with E-state index in [1.165, 1.54) is 6.20 Å². The topological polar surface area (TPSA) is 66.8 Å². The summed E-state index contributed by atoms with van der Waals surface area (Å²) in [6.45, 7) is 1.90. The average Bonchev–Trinajstić information content (AvgIpc) is 3.00. The molecule has 3 heterocycles. The van der Waals surface area contributed by atoms with Gasteiger partial charge in [-0.25, -0.2) is 9.37 Å². The fourth-order valence-corrected chi connectivity index (χ4v) is 3.39. The second kappa shape index (κ2) is 6.66. The van der Waals surface area contributed by atoms with Crippen molar-refractivity contribution in [3.05, 3.63) is 63.1 Å². The standard InChI is InChI=1S/C18H17ClFN5O/c1-24-17-13(9-21-24)18(26)23-15(22-17)10-25-7-5-11(6-8-25)12-3-2-4-14(19)16(12)20/h2-5,9H,6-8,10H2,1H3,(H,22,23,26). The zero-order valence-corrected chi connectivity index (χ0v) is 14.9. The van der Waals surface area contributed by atoms with Crippen molar-refractivity contribution >= 4 is 28.2 Å². The molecule has 0 unspecified atom stereocenters. The summed E-state index contributed by atoms with van der Waals surface area (Å²) in [5.74, 6) is 0.221. The molecule has 3 aromatic rings. The van der Waals surface area contributed by atoms with Crippen LogP contribution in [0.3, 0.4) is 0 Å². The van der Waals surface area contributed by atoms with Crippen molar-refractivity contribution < 1.29 is 4.39 Å². The van der Waals surface area contributed by atoms with E-state index in [1.54, 1.807) is 29.9 Å². The predicted molar refractivity (Wildman–Crippen MR) is 98.4 cm³/mol. The van der Waals surface area contributed by atoms with Crippen LogP contribution in [-0.2, 0) is 13.6 Å². The molecule has 8 heteroatoms. The van der Waals surface area contributed by atoms with Crippen LogP contribution in [0.4, 0.5) is 4.39 Å². The number of aryl methyl sites for hydroxylation is 1. The number of nitrogens with zero attached hydrogens (tertiary/aromatic N) is 4. The van der Waals surface area contributed by atoms with Gasteiger partial charge in [0.25, 0.3) is 5.56 Å². The van der Waals surface area contributed by atoms with Crippen LogP contribution in [-0.4, -0.2) is 37.7 Å². The zero-order valence-electron chi connectivity index (χ0n) is 14.2. The van der Waals surface area contributed by atoms with Crippen molar-refractivity contribution in [1.29, 1.82) is 0 Å². The number of rotatable bonds is 3. The molecule has 1 N–H and O–H groups in total. The maximum Gasteiger partial charge on any atom is 0.262 e. The molecule has 0 saturated heterocycles. The van der Waals surface area contributed by atoms with Crippen LogP contribution in [0.2, 0.25) is 5.02 Å². The first kappa shape index (κ1) is 16.9. The first-order valence-corrected chi connectivity index (χ1v) is 8.67. The third-order valence-electron chi connectivity index (χ3n) is 4.61. The highest BCUT2D eigenvalue weighted by atomic mass is 35.5. The highest BCUT2D eigenvalue weighted by Crippen LogP contribution is 2.28. The monoisotopic (exact) mass is 373 g/mol. The van der Waals surface area contributed by atoms with E-state index in [0.29, 0.717) is 41.9 Å². The van der Waals surface area contributed by atoms with Crippen LogP contribution in [0.15, 0.2) is 35.3 Å². The van der Waals surface area contributed by atoms with Gasteiger partial charge in [0.1, 0.15) is 17.0 Å². The van der Waals surface area contributed by atoms with Crippen molar-refractivity contribution in [1.82, 2.24) is 24.6 Å². The van der Waals surface area contributed by atoms with Crippen LogP contribution < -0.4 is 5.56 Å². The maximum absolute atomic E-state index is 14.2. The van der Waals surface area contributed by atoms with Crippen LogP contribution in [0.25, 0.3) is 16.6 Å². The van der Waals surface area contributed by atoms with E-state index >= 15 is 0 Å². The maximum atomic E-state index is 14.2. The number of H-pyrrole nitrogens is 1. The molecule has 0 bridgehead atoms. The Hall–Kier alpha value is -2.51. The van der Waals surface area contributed by atoms with Crippen molar-refractivity contribution in [2.24, 2.45) is 7.05 Å². The molecule has 26 heavy (non-hydrogen) atoms. The second-order valence-corrected chi connectivity index (χ2v) is 6.74. The Morgan fingerprint density at radius 3 is 3.00 bits per heavy atom. The predicted octanol–water partition coefficient (Wildman–Crippen LogP) is 2.74. The van der Waals surface area contributed by atoms with E-state index in [4.69, 9.17) is 11.6 Å². The molecule has 0 radical (unpaired) electrons. The minimum Gasteiger partial charge on any atom is -0.309 e. The van der Waals surface area contributed by atoms with Crippen molar-refractivity contribution in [3.8, 4) is 0 Å². The van der Waals surface area contributed by atoms with Gasteiger partial charge >= 0.3 is 0 Å². The van der Waals surface area contributed by atoms with E-state index in [1.807, 2.05) is 6.08 Å². The van der Waals surface area contributed by atoms with Gasteiger partial charge in [-0.15, -0.1) is 0 Å². The van der Waals surface area contributed by atoms with Crippen LogP contribution in [0, 0.1) is 5.82 Å². The second-order valence-electron chi connectivity index (χ2n) is 6.33. The highest BCUT2D eigenvalue weighted by Gasteiger charge is 2.18. The number of benzene rings is 1. The summed E-state index contributed by atoms with van der Waals surface area (Å²) in [6.07, 6.45) is 4.22. The molecule has 1 aliphatic rings. The molecule has 1 aliphatic heterocycles. The van der Waals surface area contributed by atoms with Crippen molar-refractivity contribution in [2.75, 3.05) is 13.1 Å². The Bertz CT molecular complexity index is 1070. The van der Waals surface area contributed by atoms with Gasteiger partial charge in [-0.1, -0.05) is 29.8 Å². The molecule has 1 aromatic carbocycles. The smallest absolute Gasteiger partial charge is 0.262 e. The SMILES string of the molecule is Cn1ncc2c(=O)[nH]c(CN3CC=C(c4cccc(Cl)c4F)CC3)nc21.